The van der Waals surface area contributed by atoms with Crippen LogP contribution in [0.4, 0.5) is 4.39 Å². The summed E-state index contributed by atoms with van der Waals surface area (Å²) in [6, 6.07) is 1.60. The van der Waals surface area contributed by atoms with Crippen molar-refractivity contribution in [3.8, 4) is 11.5 Å². The summed E-state index contributed by atoms with van der Waals surface area (Å²) < 4.78 is 18.7. The maximum atomic E-state index is 13.7. The van der Waals surface area contributed by atoms with Crippen molar-refractivity contribution in [2.24, 2.45) is 0 Å². The van der Waals surface area contributed by atoms with Crippen LogP contribution in [0.5, 0.6) is 11.5 Å². The average molecular weight is 246 g/mol. The number of phenols is 1. The maximum absolute atomic E-state index is 13.7. The van der Waals surface area contributed by atoms with E-state index < -0.39 is 11.6 Å². The molecule has 5 heteroatoms. The van der Waals surface area contributed by atoms with Gasteiger partial charge in [-0.25, -0.2) is 0 Å². The fourth-order valence-electron chi connectivity index (χ4n) is 2.03. The molecule has 0 amide bonds. The van der Waals surface area contributed by atoms with Crippen molar-refractivity contribution in [3.63, 3.8) is 0 Å². The van der Waals surface area contributed by atoms with Gasteiger partial charge in [-0.2, -0.15) is 4.39 Å². The van der Waals surface area contributed by atoms with Gasteiger partial charge in [0.05, 0.1) is 12.1 Å². The molecule has 1 saturated heterocycles. The van der Waals surface area contributed by atoms with E-state index in [2.05, 4.69) is 5.32 Å². The summed E-state index contributed by atoms with van der Waals surface area (Å²) >= 11 is 5.75. The third-order valence-electron chi connectivity index (χ3n) is 2.82. The molecule has 16 heavy (non-hydrogen) atoms. The third kappa shape index (κ3) is 1.83. The molecule has 1 aromatic carbocycles. The third-order valence-corrected chi connectivity index (χ3v) is 3.11. The zero-order chi connectivity index (χ0) is 11.7. The molecule has 1 heterocycles. The smallest absolute Gasteiger partial charge is 0.208 e. The minimum atomic E-state index is -0.793. The highest BCUT2D eigenvalue weighted by atomic mass is 35.5. The van der Waals surface area contributed by atoms with Crippen molar-refractivity contribution >= 4 is 11.6 Å². The molecule has 1 atom stereocenters. The standard InChI is InChI=1S/C11H13ClFNO2/c1-16-11-6(8-3-2-4-14-8)5-7(12)10(15)9(11)13/h5,8,14-15H,2-4H2,1H3. The molecule has 2 N–H and O–H groups in total. The second-order valence-electron chi connectivity index (χ2n) is 3.79. The van der Waals surface area contributed by atoms with Crippen LogP contribution in [0.25, 0.3) is 0 Å². The van der Waals surface area contributed by atoms with Gasteiger partial charge in [0.1, 0.15) is 0 Å². The SMILES string of the molecule is COc1c(C2CCCN2)cc(Cl)c(O)c1F. The first-order chi connectivity index (χ1) is 7.65. The van der Waals surface area contributed by atoms with Crippen LogP contribution in [0.3, 0.4) is 0 Å². The molecule has 2 rings (SSSR count). The van der Waals surface area contributed by atoms with Crippen LogP contribution in [0.15, 0.2) is 6.07 Å². The molecule has 0 aromatic heterocycles. The predicted molar refractivity (Wildman–Crippen MR) is 59.6 cm³/mol. The first-order valence-electron chi connectivity index (χ1n) is 5.13. The number of halogens is 2. The van der Waals surface area contributed by atoms with E-state index in [9.17, 15) is 9.50 Å². The molecule has 1 aliphatic rings. The summed E-state index contributed by atoms with van der Waals surface area (Å²) in [5.41, 5.74) is 0.667. The van der Waals surface area contributed by atoms with E-state index in [-0.39, 0.29) is 16.8 Å². The first kappa shape index (κ1) is 11.5. The molecular weight excluding hydrogens is 233 g/mol. The van der Waals surface area contributed by atoms with Crippen molar-refractivity contribution in [1.82, 2.24) is 5.32 Å². The molecule has 0 aliphatic carbocycles. The van der Waals surface area contributed by atoms with Crippen LogP contribution < -0.4 is 10.1 Å². The second-order valence-corrected chi connectivity index (χ2v) is 4.20. The Labute approximate surface area is 98.2 Å². The molecule has 1 fully saturated rings. The minimum Gasteiger partial charge on any atom is -0.504 e. The van der Waals surface area contributed by atoms with Crippen LogP contribution in [0.1, 0.15) is 24.4 Å². The number of ether oxygens (including phenoxy) is 1. The minimum absolute atomic E-state index is 0.0157. The molecule has 1 aliphatic heterocycles. The van der Waals surface area contributed by atoms with Crippen molar-refractivity contribution in [1.29, 1.82) is 0 Å². The van der Waals surface area contributed by atoms with Gasteiger partial charge < -0.3 is 15.2 Å². The van der Waals surface area contributed by atoms with Gasteiger partial charge in [0.25, 0.3) is 0 Å². The molecule has 0 radical (unpaired) electrons. The Balaban J connectivity index is 2.50. The number of phenolic OH excluding ortho intramolecular Hbond substituents is 1. The van der Waals surface area contributed by atoms with E-state index in [0.717, 1.165) is 19.4 Å². The zero-order valence-corrected chi connectivity index (χ0v) is 9.64. The Morgan fingerprint density at radius 3 is 2.94 bits per heavy atom. The number of nitrogens with one attached hydrogen (secondary N) is 1. The van der Waals surface area contributed by atoms with Gasteiger partial charge >= 0.3 is 0 Å². The second kappa shape index (κ2) is 4.47. The number of rotatable bonds is 2. The van der Waals surface area contributed by atoms with E-state index in [4.69, 9.17) is 16.3 Å². The normalized spacial score (nSPS) is 20.1. The average Bonchev–Trinajstić information content (AvgIpc) is 2.79. The van der Waals surface area contributed by atoms with Crippen molar-refractivity contribution < 1.29 is 14.2 Å². The van der Waals surface area contributed by atoms with Crippen LogP contribution in [-0.4, -0.2) is 18.8 Å². The predicted octanol–water partition coefficient (Wildman–Crippen LogP) is 2.62. The van der Waals surface area contributed by atoms with Crippen molar-refractivity contribution in [3.05, 3.63) is 22.5 Å². The fraction of sp³-hybridized carbons (Fsp3) is 0.455. The number of methoxy groups -OCH3 is 1. The van der Waals surface area contributed by atoms with Gasteiger partial charge in [-0.3, -0.25) is 0 Å². The number of aromatic hydroxyl groups is 1. The van der Waals surface area contributed by atoms with Gasteiger partial charge in [0.2, 0.25) is 5.82 Å². The highest BCUT2D eigenvalue weighted by molar-refractivity contribution is 6.32. The summed E-state index contributed by atoms with van der Waals surface area (Å²) in [6.07, 6.45) is 1.95. The quantitative estimate of drug-likeness (QED) is 0.842. The number of benzene rings is 1. The maximum Gasteiger partial charge on any atom is 0.208 e. The molecule has 3 nitrogen and oxygen atoms in total. The van der Waals surface area contributed by atoms with Crippen LogP contribution in [0, 0.1) is 5.82 Å². The summed E-state index contributed by atoms with van der Waals surface area (Å²) in [5, 5.41) is 12.6. The lowest BCUT2D eigenvalue weighted by molar-refractivity contribution is 0.356. The van der Waals surface area contributed by atoms with E-state index >= 15 is 0 Å². The molecule has 0 saturated carbocycles. The lowest BCUT2D eigenvalue weighted by Crippen LogP contribution is -2.14. The van der Waals surface area contributed by atoms with E-state index in [1.165, 1.54) is 7.11 Å². The summed E-state index contributed by atoms with van der Waals surface area (Å²) in [4.78, 5) is 0. The summed E-state index contributed by atoms with van der Waals surface area (Å²) in [6.45, 7) is 0.897. The number of hydrogen-bond acceptors (Lipinski definition) is 3. The Bertz CT molecular complexity index is 405. The van der Waals surface area contributed by atoms with Crippen molar-refractivity contribution in [2.75, 3.05) is 13.7 Å². The van der Waals surface area contributed by atoms with Crippen LogP contribution in [0.2, 0.25) is 5.02 Å². The van der Waals surface area contributed by atoms with Gasteiger partial charge in [0, 0.05) is 11.6 Å². The Kier molecular flexibility index (Phi) is 3.21. The molecule has 1 aromatic rings. The van der Waals surface area contributed by atoms with E-state index in [0.29, 0.717) is 5.56 Å². The van der Waals surface area contributed by atoms with Gasteiger partial charge in [-0.15, -0.1) is 0 Å². The largest absolute Gasteiger partial charge is 0.504 e. The zero-order valence-electron chi connectivity index (χ0n) is 8.89. The first-order valence-corrected chi connectivity index (χ1v) is 5.51. The van der Waals surface area contributed by atoms with E-state index in [1.807, 2.05) is 0 Å². The number of hydrogen-bond donors (Lipinski definition) is 2. The Morgan fingerprint density at radius 1 is 1.62 bits per heavy atom. The van der Waals surface area contributed by atoms with Gasteiger partial charge in [-0.05, 0) is 25.5 Å². The van der Waals surface area contributed by atoms with Crippen LogP contribution in [-0.2, 0) is 0 Å². The van der Waals surface area contributed by atoms with Crippen LogP contribution >= 0.6 is 11.6 Å². The van der Waals surface area contributed by atoms with E-state index in [1.54, 1.807) is 6.07 Å². The highest BCUT2D eigenvalue weighted by Crippen LogP contribution is 2.40. The molecule has 88 valence electrons. The monoisotopic (exact) mass is 245 g/mol. The van der Waals surface area contributed by atoms with Crippen molar-refractivity contribution in [2.45, 2.75) is 18.9 Å². The Hall–Kier alpha value is -1.00. The lowest BCUT2D eigenvalue weighted by Gasteiger charge is -2.16. The Morgan fingerprint density at radius 2 is 2.38 bits per heavy atom. The fourth-order valence-corrected chi connectivity index (χ4v) is 2.23. The molecule has 0 bridgehead atoms. The molecular formula is C11H13ClFNO2. The highest BCUT2D eigenvalue weighted by Gasteiger charge is 2.25. The summed E-state index contributed by atoms with van der Waals surface area (Å²) in [7, 11) is 1.38. The summed E-state index contributed by atoms with van der Waals surface area (Å²) in [5.74, 6) is -1.28. The molecule has 1 unspecified atom stereocenters. The molecule has 0 spiro atoms. The lowest BCUT2D eigenvalue weighted by atomic mass is 10.0. The van der Waals surface area contributed by atoms with Gasteiger partial charge in [-0.1, -0.05) is 11.6 Å². The van der Waals surface area contributed by atoms with Gasteiger partial charge in [0.15, 0.2) is 11.5 Å². The topological polar surface area (TPSA) is 41.5 Å².